The number of phenols is 1. The number of carbonyl (C=O) groups excluding carboxylic acids is 1. The Morgan fingerprint density at radius 3 is 2.67 bits per heavy atom. The van der Waals surface area contributed by atoms with E-state index in [1.54, 1.807) is 7.11 Å². The number of methoxy groups -OCH3 is 1. The van der Waals surface area contributed by atoms with E-state index >= 15 is 0 Å². The second-order valence-electron chi connectivity index (χ2n) is 7.15. The molecular formula is C24H22FNO4. The number of hydrogen-bond donors (Lipinski definition) is 1. The predicted octanol–water partition coefficient (Wildman–Crippen LogP) is 4.82. The normalized spacial score (nSPS) is 15.4. The zero-order chi connectivity index (χ0) is 21.1. The fourth-order valence-electron chi connectivity index (χ4n) is 3.80. The highest BCUT2D eigenvalue weighted by molar-refractivity contribution is 5.70. The third-order valence-electron chi connectivity index (χ3n) is 5.31. The fourth-order valence-corrected chi connectivity index (χ4v) is 3.80. The Morgan fingerprint density at radius 1 is 1.10 bits per heavy atom. The molecule has 1 amide bonds. The molecule has 4 rings (SSSR count). The summed E-state index contributed by atoms with van der Waals surface area (Å²) >= 11 is 0. The molecule has 6 heteroatoms. The van der Waals surface area contributed by atoms with Crippen molar-refractivity contribution in [2.24, 2.45) is 0 Å². The molecule has 1 aliphatic heterocycles. The summed E-state index contributed by atoms with van der Waals surface area (Å²) in [7, 11) is 1.56. The third-order valence-corrected chi connectivity index (χ3v) is 5.31. The van der Waals surface area contributed by atoms with E-state index in [0.717, 1.165) is 16.7 Å². The Hall–Kier alpha value is -3.54. The third kappa shape index (κ3) is 3.94. The van der Waals surface area contributed by atoms with Gasteiger partial charge in [0.25, 0.3) is 0 Å². The topological polar surface area (TPSA) is 59.0 Å². The second-order valence-corrected chi connectivity index (χ2v) is 7.15. The molecule has 1 aliphatic rings. The van der Waals surface area contributed by atoms with E-state index in [-0.39, 0.29) is 12.4 Å². The van der Waals surface area contributed by atoms with E-state index in [4.69, 9.17) is 9.47 Å². The van der Waals surface area contributed by atoms with Gasteiger partial charge in [0, 0.05) is 12.1 Å². The number of carbonyl (C=O) groups is 1. The highest BCUT2D eigenvalue weighted by atomic mass is 19.1. The van der Waals surface area contributed by atoms with Crippen molar-refractivity contribution < 1.29 is 23.8 Å². The van der Waals surface area contributed by atoms with E-state index < -0.39 is 18.0 Å². The number of aromatic hydroxyl groups is 1. The molecule has 0 saturated carbocycles. The molecule has 0 aliphatic carbocycles. The van der Waals surface area contributed by atoms with E-state index in [0.29, 0.717) is 24.3 Å². The van der Waals surface area contributed by atoms with Crippen LogP contribution >= 0.6 is 0 Å². The molecule has 3 aromatic rings. The summed E-state index contributed by atoms with van der Waals surface area (Å²) in [4.78, 5) is 14.5. The van der Waals surface area contributed by atoms with Crippen molar-refractivity contribution in [1.29, 1.82) is 0 Å². The monoisotopic (exact) mass is 407 g/mol. The maximum absolute atomic E-state index is 14.1. The van der Waals surface area contributed by atoms with Crippen LogP contribution in [-0.4, -0.2) is 29.8 Å². The first-order valence-corrected chi connectivity index (χ1v) is 9.69. The Balaban J connectivity index is 1.71. The van der Waals surface area contributed by atoms with Gasteiger partial charge in [-0.3, -0.25) is 4.90 Å². The highest BCUT2D eigenvalue weighted by Gasteiger charge is 2.35. The van der Waals surface area contributed by atoms with Gasteiger partial charge in [-0.25, -0.2) is 9.18 Å². The average molecular weight is 407 g/mol. The van der Waals surface area contributed by atoms with Crippen LogP contribution in [0, 0.1) is 5.82 Å². The Kier molecular flexibility index (Phi) is 5.57. The van der Waals surface area contributed by atoms with Crippen molar-refractivity contribution in [1.82, 2.24) is 4.90 Å². The molecular weight excluding hydrogens is 385 g/mol. The van der Waals surface area contributed by atoms with Crippen LogP contribution in [0.5, 0.6) is 11.5 Å². The van der Waals surface area contributed by atoms with Crippen molar-refractivity contribution in [3.8, 4) is 11.5 Å². The lowest BCUT2D eigenvalue weighted by Crippen LogP contribution is -2.41. The van der Waals surface area contributed by atoms with Crippen molar-refractivity contribution >= 4 is 6.09 Å². The van der Waals surface area contributed by atoms with E-state index in [1.165, 1.54) is 23.1 Å². The molecule has 5 nitrogen and oxygen atoms in total. The standard InChI is InChI=1S/C24H22FNO4/c1-29-19-9-7-17-11-12-26(24(28)30-15-16-5-3-2-4-6-16)23(20(17)14-19)21-13-18(25)8-10-22(21)27/h2-10,13-14,23,27H,11-12,15H2,1H3. The molecule has 0 bridgehead atoms. The summed E-state index contributed by atoms with van der Waals surface area (Å²) in [6, 6.07) is 18.0. The van der Waals surface area contributed by atoms with Gasteiger partial charge in [-0.1, -0.05) is 36.4 Å². The Labute approximate surface area is 174 Å². The average Bonchev–Trinajstić information content (AvgIpc) is 2.78. The maximum atomic E-state index is 14.1. The zero-order valence-electron chi connectivity index (χ0n) is 16.5. The van der Waals surface area contributed by atoms with Gasteiger partial charge in [0.2, 0.25) is 0 Å². The lowest BCUT2D eigenvalue weighted by Gasteiger charge is -2.37. The smallest absolute Gasteiger partial charge is 0.410 e. The minimum Gasteiger partial charge on any atom is -0.508 e. The first kappa shape index (κ1) is 19.8. The van der Waals surface area contributed by atoms with Gasteiger partial charge in [-0.2, -0.15) is 0 Å². The first-order valence-electron chi connectivity index (χ1n) is 9.69. The molecule has 30 heavy (non-hydrogen) atoms. The van der Waals surface area contributed by atoms with Crippen LogP contribution in [0.1, 0.15) is 28.3 Å². The zero-order valence-corrected chi connectivity index (χ0v) is 16.5. The summed E-state index contributed by atoms with van der Waals surface area (Å²) in [5.41, 5.74) is 2.96. The van der Waals surface area contributed by atoms with E-state index in [9.17, 15) is 14.3 Å². The minimum atomic E-state index is -0.692. The number of hydrogen-bond acceptors (Lipinski definition) is 4. The van der Waals surface area contributed by atoms with Crippen LogP contribution in [-0.2, 0) is 17.8 Å². The van der Waals surface area contributed by atoms with Gasteiger partial charge in [0.1, 0.15) is 23.9 Å². The fraction of sp³-hybridized carbons (Fsp3) is 0.208. The summed E-state index contributed by atoms with van der Waals surface area (Å²) in [5.74, 6) is 0.0440. The summed E-state index contributed by atoms with van der Waals surface area (Å²) in [5, 5.41) is 10.5. The van der Waals surface area contributed by atoms with E-state index in [1.807, 2.05) is 48.5 Å². The van der Waals surface area contributed by atoms with Crippen molar-refractivity contribution in [2.75, 3.05) is 13.7 Å². The van der Waals surface area contributed by atoms with Crippen LogP contribution in [0.15, 0.2) is 66.7 Å². The number of phenolic OH excluding ortho intramolecular Hbond substituents is 1. The van der Waals surface area contributed by atoms with Gasteiger partial charge in [0.15, 0.2) is 0 Å². The Morgan fingerprint density at radius 2 is 1.90 bits per heavy atom. The number of halogens is 1. The molecule has 0 aromatic heterocycles. The Bertz CT molecular complexity index is 1050. The van der Waals surface area contributed by atoms with Gasteiger partial charge in [-0.15, -0.1) is 0 Å². The second kappa shape index (κ2) is 8.45. The van der Waals surface area contributed by atoms with Crippen molar-refractivity contribution in [3.05, 3.63) is 94.8 Å². The number of ether oxygens (including phenoxy) is 2. The van der Waals surface area contributed by atoms with Crippen LogP contribution in [0.3, 0.4) is 0 Å². The summed E-state index contributed by atoms with van der Waals surface area (Å²) in [6.07, 6.45) is 0.0905. The molecule has 0 radical (unpaired) electrons. The molecule has 0 fully saturated rings. The maximum Gasteiger partial charge on any atom is 0.410 e. The molecule has 1 N–H and O–H groups in total. The molecule has 1 unspecified atom stereocenters. The van der Waals surface area contributed by atoms with Gasteiger partial charge in [-0.05, 0) is 53.4 Å². The van der Waals surface area contributed by atoms with Crippen LogP contribution < -0.4 is 4.74 Å². The number of fused-ring (bicyclic) bond motifs is 1. The van der Waals surface area contributed by atoms with Gasteiger partial charge >= 0.3 is 6.09 Å². The summed E-state index contributed by atoms with van der Waals surface area (Å²) in [6.45, 7) is 0.510. The number of benzene rings is 3. The molecule has 1 heterocycles. The molecule has 0 saturated heterocycles. The predicted molar refractivity (Wildman–Crippen MR) is 110 cm³/mol. The van der Waals surface area contributed by atoms with Crippen LogP contribution in [0.2, 0.25) is 0 Å². The molecule has 154 valence electrons. The minimum absolute atomic E-state index is 0.0853. The number of amides is 1. The summed E-state index contributed by atoms with van der Waals surface area (Å²) < 4.78 is 24.9. The lowest BCUT2D eigenvalue weighted by atomic mass is 9.87. The van der Waals surface area contributed by atoms with Crippen molar-refractivity contribution in [3.63, 3.8) is 0 Å². The quantitative estimate of drug-likeness (QED) is 0.673. The SMILES string of the molecule is COc1ccc2c(c1)C(c1cc(F)ccc1O)N(C(=O)OCc1ccccc1)CC2. The van der Waals surface area contributed by atoms with Crippen molar-refractivity contribution in [2.45, 2.75) is 19.1 Å². The van der Waals surface area contributed by atoms with Crippen LogP contribution in [0.4, 0.5) is 9.18 Å². The molecule has 3 aromatic carbocycles. The molecule has 1 atom stereocenters. The largest absolute Gasteiger partial charge is 0.508 e. The number of nitrogens with zero attached hydrogens (tertiary/aromatic N) is 1. The van der Waals surface area contributed by atoms with Gasteiger partial charge in [0.05, 0.1) is 13.2 Å². The van der Waals surface area contributed by atoms with E-state index in [2.05, 4.69) is 0 Å². The van der Waals surface area contributed by atoms with Crippen LogP contribution in [0.25, 0.3) is 0 Å². The van der Waals surface area contributed by atoms with Gasteiger partial charge < -0.3 is 14.6 Å². The molecule has 0 spiro atoms. The highest BCUT2D eigenvalue weighted by Crippen LogP contribution is 2.41. The number of rotatable bonds is 4. The first-order chi connectivity index (χ1) is 14.6. The lowest BCUT2D eigenvalue weighted by molar-refractivity contribution is 0.0832.